The molecule has 0 aliphatic carbocycles. The van der Waals surface area contributed by atoms with E-state index in [-0.39, 0.29) is 23.8 Å². The zero-order valence-electron chi connectivity index (χ0n) is 16.4. The number of nitrogens with zero attached hydrogens (tertiary/aromatic N) is 1. The van der Waals surface area contributed by atoms with Gasteiger partial charge in [0.05, 0.1) is 24.8 Å². The van der Waals surface area contributed by atoms with E-state index in [2.05, 4.69) is 0 Å². The smallest absolute Gasteiger partial charge is 0.271 e. The molecule has 0 fully saturated rings. The minimum Gasteiger partial charge on any atom is -0.496 e. The van der Waals surface area contributed by atoms with Crippen LogP contribution in [0, 0.1) is 12.8 Å². The zero-order chi connectivity index (χ0) is 20.4. The molecule has 146 valence electrons. The largest absolute Gasteiger partial charge is 0.496 e. The maximum atomic E-state index is 13.1. The van der Waals surface area contributed by atoms with Crippen molar-refractivity contribution in [2.75, 3.05) is 13.7 Å². The van der Waals surface area contributed by atoms with E-state index in [1.165, 1.54) is 7.11 Å². The van der Waals surface area contributed by atoms with E-state index in [4.69, 9.17) is 9.47 Å². The summed E-state index contributed by atoms with van der Waals surface area (Å²) in [5.74, 6) is -0.841. The first-order chi connectivity index (χ1) is 13.3. The summed E-state index contributed by atoms with van der Waals surface area (Å²) in [7, 11) is 1.47. The van der Waals surface area contributed by atoms with Crippen molar-refractivity contribution < 1.29 is 23.9 Å². The predicted molar refractivity (Wildman–Crippen MR) is 104 cm³/mol. The number of benzene rings is 2. The number of Topliss-reactive ketones (excluding diaryl/α,β-unsaturated/α-hetero) is 1. The van der Waals surface area contributed by atoms with E-state index in [9.17, 15) is 14.4 Å². The van der Waals surface area contributed by atoms with Gasteiger partial charge < -0.3 is 9.47 Å². The second-order valence-electron chi connectivity index (χ2n) is 7.14. The van der Waals surface area contributed by atoms with Crippen LogP contribution in [0.2, 0.25) is 0 Å². The van der Waals surface area contributed by atoms with Crippen LogP contribution in [0.3, 0.4) is 0 Å². The third-order valence-electron chi connectivity index (χ3n) is 4.69. The average molecular weight is 381 g/mol. The minimum absolute atomic E-state index is 0.169. The van der Waals surface area contributed by atoms with Crippen LogP contribution < -0.4 is 9.47 Å². The van der Waals surface area contributed by atoms with Crippen molar-refractivity contribution in [3.8, 4) is 11.5 Å². The summed E-state index contributed by atoms with van der Waals surface area (Å²) < 4.78 is 11.1. The van der Waals surface area contributed by atoms with Crippen molar-refractivity contribution in [1.29, 1.82) is 0 Å². The SMILES string of the molecule is COc1ccc(C)cc1C(=O)CN1C(=O)c2ccccc2O[C@H](C(C)C)C1=O. The molecule has 3 rings (SSSR count). The Morgan fingerprint density at radius 2 is 1.89 bits per heavy atom. The van der Waals surface area contributed by atoms with E-state index < -0.39 is 17.9 Å². The number of methoxy groups -OCH3 is 1. The van der Waals surface area contributed by atoms with Crippen molar-refractivity contribution in [1.82, 2.24) is 4.90 Å². The number of ether oxygens (including phenoxy) is 2. The van der Waals surface area contributed by atoms with Crippen molar-refractivity contribution in [2.45, 2.75) is 26.9 Å². The molecule has 0 N–H and O–H groups in total. The molecule has 6 heteroatoms. The molecule has 2 amide bonds. The zero-order valence-corrected chi connectivity index (χ0v) is 16.4. The van der Waals surface area contributed by atoms with Gasteiger partial charge in [-0.15, -0.1) is 0 Å². The number of hydrogen-bond acceptors (Lipinski definition) is 5. The number of imide groups is 1. The monoisotopic (exact) mass is 381 g/mol. The highest BCUT2D eigenvalue weighted by Gasteiger charge is 2.39. The van der Waals surface area contributed by atoms with Gasteiger partial charge in [-0.3, -0.25) is 19.3 Å². The van der Waals surface area contributed by atoms with Crippen LogP contribution in [0.4, 0.5) is 0 Å². The Morgan fingerprint density at radius 1 is 1.18 bits per heavy atom. The molecular formula is C22H23NO5. The lowest BCUT2D eigenvalue weighted by Gasteiger charge is -2.24. The Morgan fingerprint density at radius 3 is 2.57 bits per heavy atom. The van der Waals surface area contributed by atoms with Crippen molar-refractivity contribution >= 4 is 17.6 Å². The topological polar surface area (TPSA) is 72.9 Å². The standard InChI is InChI=1S/C22H23NO5/c1-13(2)20-22(26)23(21(25)15-7-5-6-8-19(15)28-20)12-17(24)16-11-14(3)9-10-18(16)27-4/h5-11,13,20H,12H2,1-4H3/t20-/m1/s1. The van der Waals surface area contributed by atoms with Gasteiger partial charge in [-0.2, -0.15) is 0 Å². The lowest BCUT2D eigenvalue weighted by atomic mass is 10.0. The van der Waals surface area contributed by atoms with Crippen LogP contribution in [-0.2, 0) is 4.79 Å². The van der Waals surface area contributed by atoms with Gasteiger partial charge in [0.1, 0.15) is 11.5 Å². The average Bonchev–Trinajstić information content (AvgIpc) is 2.78. The highest BCUT2D eigenvalue weighted by molar-refractivity contribution is 6.12. The molecule has 0 bridgehead atoms. The molecule has 6 nitrogen and oxygen atoms in total. The molecule has 2 aromatic carbocycles. The molecule has 0 aromatic heterocycles. The summed E-state index contributed by atoms with van der Waals surface area (Å²) in [6, 6.07) is 11.9. The van der Waals surface area contributed by atoms with Gasteiger partial charge in [-0.25, -0.2) is 0 Å². The van der Waals surface area contributed by atoms with E-state index in [0.717, 1.165) is 10.5 Å². The molecule has 1 aliphatic heterocycles. The first kappa shape index (κ1) is 19.6. The van der Waals surface area contributed by atoms with Crippen molar-refractivity contribution in [2.24, 2.45) is 5.92 Å². The number of aryl methyl sites for hydroxylation is 1. The Bertz CT molecular complexity index is 934. The Hall–Kier alpha value is -3.15. The van der Waals surface area contributed by atoms with Gasteiger partial charge in [-0.05, 0) is 37.1 Å². The number of carbonyl (C=O) groups excluding carboxylic acids is 3. The van der Waals surface area contributed by atoms with E-state index in [1.807, 2.05) is 26.8 Å². The molecular weight excluding hydrogens is 358 g/mol. The minimum atomic E-state index is -0.847. The lowest BCUT2D eigenvalue weighted by molar-refractivity contribution is -0.136. The Labute approximate surface area is 164 Å². The fraction of sp³-hybridized carbons (Fsp3) is 0.318. The number of hydrogen-bond donors (Lipinski definition) is 0. The molecule has 1 atom stereocenters. The number of para-hydroxylation sites is 1. The van der Waals surface area contributed by atoms with Gasteiger partial charge in [-0.1, -0.05) is 37.6 Å². The van der Waals surface area contributed by atoms with E-state index >= 15 is 0 Å². The molecule has 0 saturated carbocycles. The first-order valence-electron chi connectivity index (χ1n) is 9.12. The molecule has 28 heavy (non-hydrogen) atoms. The maximum Gasteiger partial charge on any atom is 0.271 e. The summed E-state index contributed by atoms with van der Waals surface area (Å²) in [4.78, 5) is 40.1. The molecule has 1 heterocycles. The number of ketones is 1. The molecule has 1 aliphatic rings. The van der Waals surface area contributed by atoms with Gasteiger partial charge in [0.2, 0.25) is 0 Å². The van der Waals surface area contributed by atoms with Crippen LogP contribution in [0.1, 0.15) is 40.1 Å². The molecule has 0 spiro atoms. The van der Waals surface area contributed by atoms with Gasteiger partial charge >= 0.3 is 0 Å². The first-order valence-corrected chi connectivity index (χ1v) is 9.12. The summed E-state index contributed by atoms with van der Waals surface area (Å²) in [5, 5.41) is 0. The number of fused-ring (bicyclic) bond motifs is 1. The van der Waals surface area contributed by atoms with E-state index in [0.29, 0.717) is 17.1 Å². The summed E-state index contributed by atoms with van der Waals surface area (Å²) in [5.41, 5.74) is 1.48. The summed E-state index contributed by atoms with van der Waals surface area (Å²) in [6.07, 6.45) is -0.847. The third-order valence-corrected chi connectivity index (χ3v) is 4.69. The molecule has 0 radical (unpaired) electrons. The summed E-state index contributed by atoms with van der Waals surface area (Å²) >= 11 is 0. The highest BCUT2D eigenvalue weighted by atomic mass is 16.5. The van der Waals surface area contributed by atoms with Crippen LogP contribution in [-0.4, -0.2) is 42.3 Å². The van der Waals surface area contributed by atoms with Crippen molar-refractivity contribution in [3.05, 3.63) is 59.2 Å². The Kier molecular flexibility index (Phi) is 5.49. The fourth-order valence-corrected chi connectivity index (χ4v) is 3.17. The quantitative estimate of drug-likeness (QED) is 0.587. The van der Waals surface area contributed by atoms with Gasteiger partial charge in [0.25, 0.3) is 11.8 Å². The lowest BCUT2D eigenvalue weighted by Crippen LogP contribution is -2.47. The third kappa shape index (κ3) is 3.63. The Balaban J connectivity index is 2.00. The molecule has 0 unspecified atom stereocenters. The van der Waals surface area contributed by atoms with E-state index in [1.54, 1.807) is 36.4 Å². The predicted octanol–water partition coefficient (Wildman–Crippen LogP) is 3.27. The molecule has 0 saturated heterocycles. The van der Waals surface area contributed by atoms with Crippen LogP contribution in [0.15, 0.2) is 42.5 Å². The normalized spacial score (nSPS) is 16.5. The maximum absolute atomic E-state index is 13.1. The number of amides is 2. The van der Waals surface area contributed by atoms with Gasteiger partial charge in [0.15, 0.2) is 11.9 Å². The van der Waals surface area contributed by atoms with Gasteiger partial charge in [0, 0.05) is 0 Å². The molecule has 2 aromatic rings. The van der Waals surface area contributed by atoms with Crippen LogP contribution >= 0.6 is 0 Å². The highest BCUT2D eigenvalue weighted by Crippen LogP contribution is 2.28. The summed E-state index contributed by atoms with van der Waals surface area (Å²) in [6.45, 7) is 5.16. The van der Waals surface area contributed by atoms with Crippen molar-refractivity contribution in [3.63, 3.8) is 0 Å². The van der Waals surface area contributed by atoms with Crippen LogP contribution in [0.25, 0.3) is 0 Å². The second kappa shape index (κ2) is 7.84. The second-order valence-corrected chi connectivity index (χ2v) is 7.14. The fourth-order valence-electron chi connectivity index (χ4n) is 3.17. The van der Waals surface area contributed by atoms with Crippen LogP contribution in [0.5, 0.6) is 11.5 Å². The number of rotatable bonds is 5. The number of carbonyl (C=O) groups is 3.